The first kappa shape index (κ1) is 20.5. The third-order valence-electron chi connectivity index (χ3n) is 5.34. The zero-order valence-electron chi connectivity index (χ0n) is 17.8. The number of aromatic nitrogens is 4. The van der Waals surface area contributed by atoms with Gasteiger partial charge in [-0.25, -0.2) is 4.68 Å². The highest BCUT2D eigenvalue weighted by atomic mass is 16.2. The lowest BCUT2D eigenvalue weighted by Crippen LogP contribution is -2.31. The van der Waals surface area contributed by atoms with Gasteiger partial charge in [0.1, 0.15) is 0 Å². The van der Waals surface area contributed by atoms with Gasteiger partial charge in [-0.2, -0.15) is 5.10 Å². The predicted molar refractivity (Wildman–Crippen MR) is 119 cm³/mol. The van der Waals surface area contributed by atoms with Crippen LogP contribution in [0.25, 0.3) is 5.69 Å². The average Bonchev–Trinajstić information content (AvgIpc) is 3.09. The van der Waals surface area contributed by atoms with Gasteiger partial charge in [0.15, 0.2) is 0 Å². The average molecular weight is 412 g/mol. The van der Waals surface area contributed by atoms with Crippen molar-refractivity contribution in [2.75, 3.05) is 0 Å². The summed E-state index contributed by atoms with van der Waals surface area (Å²) in [7, 11) is 0. The first-order chi connectivity index (χ1) is 15.1. The van der Waals surface area contributed by atoms with Crippen LogP contribution in [0.1, 0.15) is 28.1 Å². The summed E-state index contributed by atoms with van der Waals surface area (Å²) >= 11 is 0. The van der Waals surface area contributed by atoms with Crippen LogP contribution in [0, 0.1) is 13.8 Å². The molecule has 0 radical (unpaired) electrons. The minimum atomic E-state index is 0.0551. The number of para-hydroxylation sites is 1. The number of carbonyl (C=O) groups excluding carboxylic acids is 1. The van der Waals surface area contributed by atoms with Crippen LogP contribution in [0.4, 0.5) is 0 Å². The van der Waals surface area contributed by atoms with E-state index in [2.05, 4.69) is 15.1 Å². The standard InChI is InChI=1S/C25H25N5O/c1-19-24(20(2)30(28-19)23-8-4-3-5-9-23)15-25(31)29(17-21-10-13-26-14-11-21)18-22-7-6-12-27-16-22/h3-14,16H,15,17-18H2,1-2H3. The van der Waals surface area contributed by atoms with E-state index in [1.54, 1.807) is 24.8 Å². The van der Waals surface area contributed by atoms with E-state index in [1.165, 1.54) is 0 Å². The van der Waals surface area contributed by atoms with Gasteiger partial charge in [-0.3, -0.25) is 14.8 Å². The number of carbonyl (C=O) groups is 1. The van der Waals surface area contributed by atoms with E-state index >= 15 is 0 Å². The highest BCUT2D eigenvalue weighted by molar-refractivity contribution is 5.79. The molecule has 3 heterocycles. The van der Waals surface area contributed by atoms with E-state index in [-0.39, 0.29) is 5.91 Å². The summed E-state index contributed by atoms with van der Waals surface area (Å²) in [6, 6.07) is 17.7. The lowest BCUT2D eigenvalue weighted by atomic mass is 10.1. The van der Waals surface area contributed by atoms with Crippen LogP contribution in [-0.4, -0.2) is 30.6 Å². The van der Waals surface area contributed by atoms with E-state index in [4.69, 9.17) is 0 Å². The number of benzene rings is 1. The zero-order chi connectivity index (χ0) is 21.6. The van der Waals surface area contributed by atoms with E-state index in [0.29, 0.717) is 19.5 Å². The van der Waals surface area contributed by atoms with Crippen molar-refractivity contribution in [2.45, 2.75) is 33.4 Å². The molecule has 6 heteroatoms. The summed E-state index contributed by atoms with van der Waals surface area (Å²) in [5.74, 6) is 0.0551. The van der Waals surface area contributed by atoms with Crippen LogP contribution in [0.2, 0.25) is 0 Å². The van der Waals surface area contributed by atoms with Crippen molar-refractivity contribution in [3.8, 4) is 5.69 Å². The quantitative estimate of drug-likeness (QED) is 0.460. The normalized spacial score (nSPS) is 10.8. The van der Waals surface area contributed by atoms with Gasteiger partial charge in [0.25, 0.3) is 0 Å². The van der Waals surface area contributed by atoms with Crippen molar-refractivity contribution >= 4 is 5.91 Å². The minimum Gasteiger partial charge on any atom is -0.334 e. The molecule has 1 aromatic carbocycles. The monoisotopic (exact) mass is 411 g/mol. The Bertz CT molecular complexity index is 1100. The SMILES string of the molecule is Cc1nn(-c2ccccc2)c(C)c1CC(=O)N(Cc1ccncc1)Cc1cccnc1. The predicted octanol–water partition coefficient (Wildman–Crippen LogP) is 4.05. The topological polar surface area (TPSA) is 63.9 Å². The molecule has 0 spiro atoms. The second-order valence-corrected chi connectivity index (χ2v) is 7.54. The largest absolute Gasteiger partial charge is 0.334 e. The summed E-state index contributed by atoms with van der Waals surface area (Å²) in [5, 5.41) is 4.69. The Labute approximate surface area is 182 Å². The molecule has 0 saturated heterocycles. The molecule has 1 amide bonds. The maximum atomic E-state index is 13.4. The molecule has 0 N–H and O–H groups in total. The van der Waals surface area contributed by atoms with Crippen LogP contribution >= 0.6 is 0 Å². The van der Waals surface area contributed by atoms with Gasteiger partial charge in [-0.1, -0.05) is 24.3 Å². The lowest BCUT2D eigenvalue weighted by molar-refractivity contribution is -0.131. The van der Waals surface area contributed by atoms with Crippen molar-refractivity contribution in [3.05, 3.63) is 107 Å². The summed E-state index contributed by atoms with van der Waals surface area (Å²) in [6.45, 7) is 4.99. The second-order valence-electron chi connectivity index (χ2n) is 7.54. The number of pyridine rings is 2. The molecule has 4 rings (SSSR count). The Morgan fingerprint density at radius 2 is 1.61 bits per heavy atom. The van der Waals surface area contributed by atoms with Crippen LogP contribution in [-0.2, 0) is 24.3 Å². The summed E-state index contributed by atoms with van der Waals surface area (Å²) in [6.07, 6.45) is 7.34. The van der Waals surface area contributed by atoms with Gasteiger partial charge in [0, 0.05) is 49.1 Å². The Kier molecular flexibility index (Phi) is 6.17. The highest BCUT2D eigenvalue weighted by Crippen LogP contribution is 2.20. The van der Waals surface area contributed by atoms with Crippen LogP contribution in [0.15, 0.2) is 79.4 Å². The van der Waals surface area contributed by atoms with Crippen molar-refractivity contribution in [1.29, 1.82) is 0 Å². The fourth-order valence-electron chi connectivity index (χ4n) is 3.67. The molecule has 0 aliphatic rings. The molecule has 0 atom stereocenters. The van der Waals surface area contributed by atoms with Crippen LogP contribution in [0.5, 0.6) is 0 Å². The molecule has 156 valence electrons. The number of hydrogen-bond donors (Lipinski definition) is 0. The van der Waals surface area contributed by atoms with Crippen molar-refractivity contribution in [3.63, 3.8) is 0 Å². The highest BCUT2D eigenvalue weighted by Gasteiger charge is 2.20. The fourth-order valence-corrected chi connectivity index (χ4v) is 3.67. The molecule has 31 heavy (non-hydrogen) atoms. The van der Waals surface area contributed by atoms with Gasteiger partial charge in [-0.05, 0) is 55.3 Å². The van der Waals surface area contributed by atoms with E-state index in [0.717, 1.165) is 33.8 Å². The molecule has 0 aliphatic heterocycles. The van der Waals surface area contributed by atoms with Gasteiger partial charge in [0.2, 0.25) is 5.91 Å². The van der Waals surface area contributed by atoms with E-state index in [9.17, 15) is 4.79 Å². The fraction of sp³-hybridized carbons (Fsp3) is 0.200. The Hall–Kier alpha value is -3.80. The molecule has 3 aromatic heterocycles. The molecule has 4 aromatic rings. The van der Waals surface area contributed by atoms with Crippen molar-refractivity contribution < 1.29 is 4.79 Å². The number of rotatable bonds is 7. The van der Waals surface area contributed by atoms with Gasteiger partial charge in [0.05, 0.1) is 17.8 Å². The Balaban J connectivity index is 1.59. The lowest BCUT2D eigenvalue weighted by Gasteiger charge is -2.23. The van der Waals surface area contributed by atoms with Crippen LogP contribution in [0.3, 0.4) is 0 Å². The van der Waals surface area contributed by atoms with E-state index in [1.807, 2.05) is 78.0 Å². The number of amides is 1. The third-order valence-corrected chi connectivity index (χ3v) is 5.34. The van der Waals surface area contributed by atoms with Gasteiger partial charge < -0.3 is 4.90 Å². The van der Waals surface area contributed by atoms with Gasteiger partial charge in [-0.15, -0.1) is 0 Å². The summed E-state index contributed by atoms with van der Waals surface area (Å²) in [5.41, 5.74) is 5.87. The molecule has 0 fully saturated rings. The summed E-state index contributed by atoms with van der Waals surface area (Å²) in [4.78, 5) is 23.6. The molecule has 0 bridgehead atoms. The Morgan fingerprint density at radius 3 is 2.32 bits per heavy atom. The second kappa shape index (κ2) is 9.34. The molecular formula is C25H25N5O. The molecule has 0 saturated carbocycles. The summed E-state index contributed by atoms with van der Waals surface area (Å²) < 4.78 is 1.91. The van der Waals surface area contributed by atoms with Crippen molar-refractivity contribution in [2.24, 2.45) is 0 Å². The van der Waals surface area contributed by atoms with E-state index < -0.39 is 0 Å². The number of aryl methyl sites for hydroxylation is 1. The molecule has 0 unspecified atom stereocenters. The Morgan fingerprint density at radius 1 is 0.871 bits per heavy atom. The minimum absolute atomic E-state index is 0.0551. The van der Waals surface area contributed by atoms with Crippen LogP contribution < -0.4 is 0 Å². The van der Waals surface area contributed by atoms with Crippen molar-refractivity contribution in [1.82, 2.24) is 24.6 Å². The molecule has 6 nitrogen and oxygen atoms in total. The molecule has 0 aliphatic carbocycles. The molecular weight excluding hydrogens is 386 g/mol. The third kappa shape index (κ3) is 4.86. The number of hydrogen-bond acceptors (Lipinski definition) is 4. The van der Waals surface area contributed by atoms with Gasteiger partial charge >= 0.3 is 0 Å². The maximum Gasteiger partial charge on any atom is 0.227 e. The smallest absolute Gasteiger partial charge is 0.227 e. The maximum absolute atomic E-state index is 13.4. The zero-order valence-corrected chi connectivity index (χ0v) is 17.8. The first-order valence-electron chi connectivity index (χ1n) is 10.3. The first-order valence-corrected chi connectivity index (χ1v) is 10.3. The number of nitrogens with zero attached hydrogens (tertiary/aromatic N) is 5.